The summed E-state index contributed by atoms with van der Waals surface area (Å²) >= 11 is 1.45. The topological polar surface area (TPSA) is 44.3 Å². The summed E-state index contributed by atoms with van der Waals surface area (Å²) < 4.78 is 0. The number of hydrogen-bond donors (Lipinski definition) is 0. The Balaban J connectivity index is 0.00000121. The third-order valence-electron chi connectivity index (χ3n) is 1.12. The van der Waals surface area contributed by atoms with Crippen LogP contribution in [0.1, 0.15) is 0 Å². The molecule has 1 rings (SSSR count). The quantitative estimate of drug-likeness (QED) is 0.426. The molecule has 0 aliphatic heterocycles. The van der Waals surface area contributed by atoms with E-state index in [-0.39, 0.29) is 33.3 Å². The van der Waals surface area contributed by atoms with Crippen LogP contribution in [0.2, 0.25) is 0 Å². The molecule has 1 aromatic rings. The molecule has 3 N–H and O–H groups in total. The third-order valence-corrected chi connectivity index (χ3v) is 2.14. The predicted octanol–water partition coefficient (Wildman–Crippen LogP) is 0.357. The van der Waals surface area contributed by atoms with Gasteiger partial charge in [0.15, 0.2) is 0 Å². The van der Waals surface area contributed by atoms with Crippen molar-refractivity contribution in [2.75, 3.05) is 5.75 Å². The van der Waals surface area contributed by atoms with Crippen molar-refractivity contribution < 1.29 is 9.90 Å². The van der Waals surface area contributed by atoms with Crippen molar-refractivity contribution in [3.63, 3.8) is 0 Å². The van der Waals surface area contributed by atoms with Gasteiger partial charge in [-0.15, -0.1) is 11.8 Å². The van der Waals surface area contributed by atoms with Crippen LogP contribution in [0, 0.1) is 0 Å². The molecule has 0 saturated heterocycles. The SMILES string of the molecule is [OH+]=C([OH2+])CSc1ccccc1.[PbH]. The zero-order valence-electron chi connectivity index (χ0n) is 6.53. The standard InChI is InChI=1S/C8H8O2S.Pb.H/c9-8(10)6-11-7-4-2-1-3-5-7;;/h1-5H,6H2,(H,9,10);;/p+2. The summed E-state index contributed by atoms with van der Waals surface area (Å²) in [7, 11) is 0. The molecule has 0 atom stereocenters. The summed E-state index contributed by atoms with van der Waals surface area (Å²) in [6.07, 6.45) is 0. The number of thioether (sulfide) groups is 1. The Kier molecular flexibility index (Phi) is 6.45. The molecule has 3 radical (unpaired) electrons. The Morgan fingerprint density at radius 2 is 1.92 bits per heavy atom. The van der Waals surface area contributed by atoms with Crippen LogP contribution in [0.25, 0.3) is 0 Å². The Morgan fingerprint density at radius 3 is 2.42 bits per heavy atom. The molecule has 0 fully saturated rings. The van der Waals surface area contributed by atoms with Gasteiger partial charge in [0.05, 0.1) is 0 Å². The predicted molar refractivity (Wildman–Crippen MR) is 54.9 cm³/mol. The molecule has 0 bridgehead atoms. The van der Waals surface area contributed by atoms with Crippen LogP contribution in [0.3, 0.4) is 0 Å². The average molecular weight is 378 g/mol. The van der Waals surface area contributed by atoms with Crippen molar-refractivity contribution in [1.29, 1.82) is 0 Å². The van der Waals surface area contributed by atoms with Crippen molar-refractivity contribution in [1.82, 2.24) is 0 Å². The Bertz CT molecular complexity index is 238. The number of hydrogen-bond acceptors (Lipinski definition) is 1. The first kappa shape index (κ1) is 12.0. The molecule has 1 aromatic carbocycles. The molecule has 0 amide bonds. The summed E-state index contributed by atoms with van der Waals surface area (Å²) in [5.74, 6) is 0.0724. The van der Waals surface area contributed by atoms with Gasteiger partial charge in [-0.1, -0.05) is 18.2 Å². The molecule has 0 heterocycles. The van der Waals surface area contributed by atoms with Crippen LogP contribution in [0.4, 0.5) is 0 Å². The summed E-state index contributed by atoms with van der Waals surface area (Å²) in [5, 5.41) is 6.78. The molecule has 0 aliphatic rings. The summed E-state index contributed by atoms with van der Waals surface area (Å²) in [5.41, 5.74) is 0. The fourth-order valence-electron chi connectivity index (χ4n) is 0.668. The van der Waals surface area contributed by atoms with E-state index in [1.165, 1.54) is 11.8 Å². The third kappa shape index (κ3) is 4.76. The molecule has 0 unspecified atom stereocenters. The molecular formula is C8H11O2PbS+2. The minimum absolute atomic E-state index is 0. The van der Waals surface area contributed by atoms with Crippen molar-refractivity contribution in [2.45, 2.75) is 4.90 Å². The van der Waals surface area contributed by atoms with Gasteiger partial charge < -0.3 is 5.11 Å². The fourth-order valence-corrected chi connectivity index (χ4v) is 1.32. The second-order valence-electron chi connectivity index (χ2n) is 2.05. The molecule has 4 heteroatoms. The molecule has 12 heavy (non-hydrogen) atoms. The van der Waals surface area contributed by atoms with Gasteiger partial charge in [-0.3, -0.25) is 0 Å². The zero-order chi connectivity index (χ0) is 8.10. The summed E-state index contributed by atoms with van der Waals surface area (Å²) in [4.78, 5) is 9.65. The van der Waals surface area contributed by atoms with Gasteiger partial charge in [-0.25, -0.2) is 4.79 Å². The first-order valence-electron chi connectivity index (χ1n) is 3.23. The minimum atomic E-state index is -0.279. The summed E-state index contributed by atoms with van der Waals surface area (Å²) in [6, 6.07) is 9.71. The van der Waals surface area contributed by atoms with E-state index in [9.17, 15) is 0 Å². The van der Waals surface area contributed by atoms with Crippen molar-refractivity contribution in [2.24, 2.45) is 0 Å². The van der Waals surface area contributed by atoms with E-state index >= 15 is 0 Å². The van der Waals surface area contributed by atoms with E-state index < -0.39 is 0 Å². The number of benzene rings is 1. The second kappa shape index (κ2) is 6.48. The van der Waals surface area contributed by atoms with Gasteiger partial charge in [0.25, 0.3) is 0 Å². The van der Waals surface area contributed by atoms with Crippen LogP contribution in [-0.2, 0) is 0 Å². The van der Waals surface area contributed by atoms with Crippen LogP contribution in [-0.4, -0.2) is 48.9 Å². The Morgan fingerprint density at radius 1 is 1.33 bits per heavy atom. The summed E-state index contributed by atoms with van der Waals surface area (Å²) in [6.45, 7) is 0. The van der Waals surface area contributed by atoms with Crippen molar-refractivity contribution >= 4 is 45.0 Å². The Hall–Kier alpha value is -0.0379. The zero-order valence-corrected chi connectivity index (χ0v) is 11.8. The van der Waals surface area contributed by atoms with Crippen LogP contribution < -0.4 is 0 Å². The molecule has 63 valence electrons. The van der Waals surface area contributed by atoms with Crippen LogP contribution in [0.15, 0.2) is 35.2 Å². The maximum atomic E-state index is 8.58. The molecule has 0 aromatic heterocycles. The normalized spacial score (nSPS) is 8.67. The van der Waals surface area contributed by atoms with Gasteiger partial charge in [0.2, 0.25) is 5.75 Å². The van der Waals surface area contributed by atoms with Crippen LogP contribution >= 0.6 is 11.8 Å². The van der Waals surface area contributed by atoms with E-state index in [0.29, 0.717) is 5.75 Å². The number of carbonyl (C=O) groups excluding carboxylic acids is 1. The van der Waals surface area contributed by atoms with Crippen LogP contribution in [0.5, 0.6) is 0 Å². The number of rotatable bonds is 3. The second-order valence-corrected chi connectivity index (χ2v) is 3.10. The van der Waals surface area contributed by atoms with Gasteiger partial charge in [-0.05, 0) is 12.1 Å². The van der Waals surface area contributed by atoms with Crippen molar-refractivity contribution in [3.05, 3.63) is 30.3 Å². The molecule has 0 aliphatic carbocycles. The fraction of sp³-hybridized carbons (Fsp3) is 0.125. The van der Waals surface area contributed by atoms with E-state index in [2.05, 4.69) is 0 Å². The first-order valence-corrected chi connectivity index (χ1v) is 4.22. The van der Waals surface area contributed by atoms with E-state index in [0.717, 1.165) is 4.90 Å². The molecular weight excluding hydrogens is 367 g/mol. The van der Waals surface area contributed by atoms with E-state index in [1.54, 1.807) is 0 Å². The van der Waals surface area contributed by atoms with Gasteiger partial charge in [-0.2, -0.15) is 0 Å². The monoisotopic (exact) mass is 379 g/mol. The first-order chi connectivity index (χ1) is 5.29. The van der Waals surface area contributed by atoms with Gasteiger partial charge >= 0.3 is 33.3 Å². The molecule has 0 saturated carbocycles. The maximum absolute atomic E-state index is 8.58. The van der Waals surface area contributed by atoms with Gasteiger partial charge in [0.1, 0.15) is 0 Å². The molecule has 0 spiro atoms. The van der Waals surface area contributed by atoms with Crippen molar-refractivity contribution in [3.8, 4) is 0 Å². The average Bonchev–Trinajstić information content (AvgIpc) is 2.03. The van der Waals surface area contributed by atoms with E-state index in [1.807, 2.05) is 30.3 Å². The van der Waals surface area contributed by atoms with Gasteiger partial charge in [0, 0.05) is 4.90 Å². The Labute approximate surface area is 95.5 Å². The van der Waals surface area contributed by atoms with E-state index in [4.69, 9.17) is 9.90 Å². The molecule has 2 nitrogen and oxygen atoms in total.